The molecule has 0 fully saturated rings. The minimum Gasteiger partial charge on any atom is -0.461 e. The Bertz CT molecular complexity index is 462. The van der Waals surface area contributed by atoms with Crippen molar-refractivity contribution in [2.45, 2.75) is 26.8 Å². The number of nitrogens with one attached hydrogen (secondary N) is 1. The lowest BCUT2D eigenvalue weighted by Gasteiger charge is -2.03. The molecule has 0 aliphatic carbocycles. The minimum atomic E-state index is 0.664. The van der Waals surface area contributed by atoms with Gasteiger partial charge in [-0.1, -0.05) is 25.1 Å². The predicted molar refractivity (Wildman–Crippen MR) is 64.1 cm³/mol. The summed E-state index contributed by atoms with van der Waals surface area (Å²) in [4.78, 5) is 5.16. The fraction of sp³-hybridized carbons (Fsp3) is 0.385. The predicted octanol–water partition coefficient (Wildman–Crippen LogP) is 3.04. The second kappa shape index (κ2) is 5.14. The van der Waals surface area contributed by atoms with Crippen LogP contribution in [-0.2, 0) is 17.8 Å². The quantitative estimate of drug-likeness (QED) is 0.620. The first-order chi connectivity index (χ1) is 7.86. The zero-order valence-electron chi connectivity index (χ0n) is 9.75. The van der Waals surface area contributed by atoms with Crippen LogP contribution in [-0.4, -0.2) is 6.61 Å². The van der Waals surface area contributed by atoms with Gasteiger partial charge in [0.05, 0.1) is 13.2 Å². The molecule has 3 nitrogen and oxygen atoms in total. The summed E-state index contributed by atoms with van der Waals surface area (Å²) in [6.45, 7) is 5.41. The molecular formula is C13H17NO2. The maximum absolute atomic E-state index is 5.78. The number of hydrogen-bond donors (Lipinski definition) is 1. The van der Waals surface area contributed by atoms with Crippen LogP contribution in [0.25, 0.3) is 11.0 Å². The molecule has 0 unspecified atom stereocenters. The zero-order chi connectivity index (χ0) is 11.4. The van der Waals surface area contributed by atoms with Gasteiger partial charge in [-0.2, -0.15) is 5.48 Å². The van der Waals surface area contributed by atoms with E-state index in [-0.39, 0.29) is 0 Å². The van der Waals surface area contributed by atoms with Crippen LogP contribution in [0, 0.1) is 0 Å². The van der Waals surface area contributed by atoms with Crippen molar-refractivity contribution in [1.29, 1.82) is 0 Å². The van der Waals surface area contributed by atoms with Gasteiger partial charge in [0.1, 0.15) is 11.3 Å². The topological polar surface area (TPSA) is 34.4 Å². The van der Waals surface area contributed by atoms with Crippen molar-refractivity contribution >= 4 is 11.0 Å². The van der Waals surface area contributed by atoms with Gasteiger partial charge in [-0.05, 0) is 13.0 Å². The monoisotopic (exact) mass is 219 g/mol. The van der Waals surface area contributed by atoms with Crippen molar-refractivity contribution in [3.8, 4) is 0 Å². The molecule has 0 amide bonds. The van der Waals surface area contributed by atoms with E-state index in [0.717, 1.165) is 17.8 Å². The number of furan rings is 1. The molecule has 1 aromatic heterocycles. The number of para-hydroxylation sites is 1. The van der Waals surface area contributed by atoms with E-state index in [9.17, 15) is 0 Å². The summed E-state index contributed by atoms with van der Waals surface area (Å²) in [5.41, 5.74) is 5.10. The molecule has 0 saturated heterocycles. The van der Waals surface area contributed by atoms with E-state index in [1.807, 2.05) is 25.1 Å². The number of rotatable bonds is 5. The second-order valence-corrected chi connectivity index (χ2v) is 3.61. The van der Waals surface area contributed by atoms with E-state index in [1.54, 1.807) is 0 Å². The van der Waals surface area contributed by atoms with Crippen LogP contribution in [0.5, 0.6) is 0 Å². The van der Waals surface area contributed by atoms with Crippen molar-refractivity contribution in [3.63, 3.8) is 0 Å². The van der Waals surface area contributed by atoms with Gasteiger partial charge in [0.2, 0.25) is 0 Å². The second-order valence-electron chi connectivity index (χ2n) is 3.61. The fourth-order valence-corrected chi connectivity index (χ4v) is 1.85. The van der Waals surface area contributed by atoms with Crippen LogP contribution in [0.3, 0.4) is 0 Å². The highest BCUT2D eigenvalue weighted by atomic mass is 16.6. The van der Waals surface area contributed by atoms with Gasteiger partial charge in [0.25, 0.3) is 0 Å². The van der Waals surface area contributed by atoms with Crippen molar-refractivity contribution in [2.24, 2.45) is 0 Å². The highest BCUT2D eigenvalue weighted by molar-refractivity contribution is 5.82. The molecule has 2 rings (SSSR count). The van der Waals surface area contributed by atoms with E-state index in [1.165, 1.54) is 10.9 Å². The first-order valence-corrected chi connectivity index (χ1v) is 5.70. The van der Waals surface area contributed by atoms with Crippen molar-refractivity contribution in [3.05, 3.63) is 35.6 Å². The van der Waals surface area contributed by atoms with Crippen molar-refractivity contribution in [1.82, 2.24) is 5.48 Å². The summed E-state index contributed by atoms with van der Waals surface area (Å²) in [5.74, 6) is 1.04. The highest BCUT2D eigenvalue weighted by Crippen LogP contribution is 2.25. The van der Waals surface area contributed by atoms with Gasteiger partial charge in [0.15, 0.2) is 0 Å². The normalized spacial score (nSPS) is 11.1. The van der Waals surface area contributed by atoms with E-state index in [0.29, 0.717) is 13.2 Å². The molecule has 0 saturated carbocycles. The summed E-state index contributed by atoms with van der Waals surface area (Å²) >= 11 is 0. The summed E-state index contributed by atoms with van der Waals surface area (Å²) < 4.78 is 5.78. The van der Waals surface area contributed by atoms with Crippen LogP contribution < -0.4 is 5.48 Å². The third-order valence-corrected chi connectivity index (χ3v) is 2.60. The molecule has 16 heavy (non-hydrogen) atoms. The Morgan fingerprint density at radius 1 is 1.25 bits per heavy atom. The Hall–Kier alpha value is -1.32. The largest absolute Gasteiger partial charge is 0.461 e. The number of hydroxylamine groups is 1. The van der Waals surface area contributed by atoms with Gasteiger partial charge in [0, 0.05) is 17.4 Å². The summed E-state index contributed by atoms with van der Waals surface area (Å²) in [5, 5.41) is 1.17. The average Bonchev–Trinajstić information content (AvgIpc) is 2.68. The van der Waals surface area contributed by atoms with Gasteiger partial charge < -0.3 is 9.25 Å². The molecule has 0 aliphatic rings. The molecular weight excluding hydrogens is 202 g/mol. The molecule has 2 aromatic rings. The summed E-state index contributed by atoms with van der Waals surface area (Å²) in [7, 11) is 0. The number of benzene rings is 1. The molecule has 1 heterocycles. The molecule has 0 spiro atoms. The molecule has 0 bridgehead atoms. The van der Waals surface area contributed by atoms with Crippen molar-refractivity contribution in [2.75, 3.05) is 6.61 Å². The molecule has 1 aromatic carbocycles. The smallest absolute Gasteiger partial charge is 0.134 e. The number of hydrogen-bond acceptors (Lipinski definition) is 3. The average molecular weight is 219 g/mol. The van der Waals surface area contributed by atoms with E-state index in [2.05, 4.69) is 18.5 Å². The van der Waals surface area contributed by atoms with Crippen LogP contribution in [0.15, 0.2) is 28.7 Å². The van der Waals surface area contributed by atoms with Crippen LogP contribution in [0.1, 0.15) is 25.2 Å². The Labute approximate surface area is 95.3 Å². The van der Waals surface area contributed by atoms with Crippen molar-refractivity contribution < 1.29 is 9.25 Å². The minimum absolute atomic E-state index is 0.664. The Morgan fingerprint density at radius 3 is 2.81 bits per heavy atom. The molecule has 0 atom stereocenters. The molecule has 1 N–H and O–H groups in total. The summed E-state index contributed by atoms with van der Waals surface area (Å²) in [6.07, 6.45) is 0.901. The van der Waals surface area contributed by atoms with Gasteiger partial charge in [-0.25, -0.2) is 0 Å². The first kappa shape index (κ1) is 11.2. The lowest BCUT2D eigenvalue weighted by Crippen LogP contribution is -2.14. The van der Waals surface area contributed by atoms with E-state index in [4.69, 9.17) is 9.25 Å². The molecule has 0 aliphatic heterocycles. The highest BCUT2D eigenvalue weighted by Gasteiger charge is 2.11. The molecule has 0 radical (unpaired) electrons. The molecule has 3 heteroatoms. The Morgan fingerprint density at radius 2 is 2.06 bits per heavy atom. The Balaban J connectivity index is 2.32. The first-order valence-electron chi connectivity index (χ1n) is 5.70. The maximum Gasteiger partial charge on any atom is 0.134 e. The van der Waals surface area contributed by atoms with Crippen LogP contribution >= 0.6 is 0 Å². The molecule has 86 valence electrons. The lowest BCUT2D eigenvalue weighted by atomic mass is 10.1. The third-order valence-electron chi connectivity index (χ3n) is 2.60. The zero-order valence-corrected chi connectivity index (χ0v) is 9.75. The van der Waals surface area contributed by atoms with E-state index < -0.39 is 0 Å². The summed E-state index contributed by atoms with van der Waals surface area (Å²) in [6, 6.07) is 8.10. The lowest BCUT2D eigenvalue weighted by molar-refractivity contribution is 0.0462. The van der Waals surface area contributed by atoms with Crippen LogP contribution in [0.4, 0.5) is 0 Å². The SMILES string of the molecule is CCONCc1c(CC)oc2ccccc12. The third kappa shape index (κ3) is 2.10. The number of aryl methyl sites for hydroxylation is 1. The van der Waals surface area contributed by atoms with E-state index >= 15 is 0 Å². The number of fused-ring (bicyclic) bond motifs is 1. The fourth-order valence-electron chi connectivity index (χ4n) is 1.85. The Kier molecular flexibility index (Phi) is 3.59. The van der Waals surface area contributed by atoms with Gasteiger partial charge >= 0.3 is 0 Å². The van der Waals surface area contributed by atoms with Crippen LogP contribution in [0.2, 0.25) is 0 Å². The standard InChI is InChI=1S/C13H17NO2/c1-3-12-11(9-14-15-4-2)10-7-5-6-8-13(10)16-12/h5-8,14H,3-4,9H2,1-2H3. The van der Waals surface area contributed by atoms with Gasteiger partial charge in [-0.15, -0.1) is 0 Å². The maximum atomic E-state index is 5.78. The van der Waals surface area contributed by atoms with Gasteiger partial charge in [-0.3, -0.25) is 0 Å².